The van der Waals surface area contributed by atoms with Crippen molar-refractivity contribution in [2.24, 2.45) is 5.92 Å². The predicted octanol–water partition coefficient (Wildman–Crippen LogP) is 7.92. The van der Waals surface area contributed by atoms with Crippen LogP contribution in [0.5, 0.6) is 0 Å². The first-order chi connectivity index (χ1) is 10.4. The Hall–Kier alpha value is 0.279. The Morgan fingerprint density at radius 2 is 1.18 bits per heavy atom. The van der Waals surface area contributed by atoms with Gasteiger partial charge in [0.2, 0.25) is 0 Å². The molecular formula is C21H42Sn. The molecule has 0 nitrogen and oxygen atoms in total. The molecule has 0 saturated carbocycles. The molecule has 0 aromatic heterocycles. The van der Waals surface area contributed by atoms with Gasteiger partial charge in [-0.1, -0.05) is 0 Å². The summed E-state index contributed by atoms with van der Waals surface area (Å²) in [5, 5.41) is 0. The van der Waals surface area contributed by atoms with Gasteiger partial charge in [-0.05, 0) is 0 Å². The number of hydrogen-bond acceptors (Lipinski definition) is 0. The Labute approximate surface area is 145 Å². The Morgan fingerprint density at radius 1 is 0.773 bits per heavy atom. The fourth-order valence-corrected chi connectivity index (χ4v) is 19.1. The van der Waals surface area contributed by atoms with Crippen LogP contribution in [0.25, 0.3) is 0 Å². The summed E-state index contributed by atoms with van der Waals surface area (Å²) < 4.78 is 7.61. The van der Waals surface area contributed by atoms with Crippen molar-refractivity contribution in [3.05, 3.63) is 21.3 Å². The van der Waals surface area contributed by atoms with Gasteiger partial charge in [0.25, 0.3) is 0 Å². The average molecular weight is 413 g/mol. The molecule has 0 aliphatic heterocycles. The molecule has 0 atom stereocenters. The van der Waals surface area contributed by atoms with E-state index in [1.165, 1.54) is 44.1 Å². The molecular weight excluding hydrogens is 371 g/mol. The minimum atomic E-state index is -2.10. The number of rotatable bonds is 12. The molecule has 130 valence electrons. The average Bonchev–Trinajstić information content (AvgIpc) is 2.47. The summed E-state index contributed by atoms with van der Waals surface area (Å²) in [6.07, 6.45) is 10.9. The molecule has 0 aromatic carbocycles. The van der Waals surface area contributed by atoms with E-state index in [0.29, 0.717) is 5.92 Å². The molecule has 0 unspecified atom stereocenters. The monoisotopic (exact) mass is 414 g/mol. The first kappa shape index (κ1) is 22.3. The van der Waals surface area contributed by atoms with E-state index < -0.39 is 18.4 Å². The van der Waals surface area contributed by atoms with Crippen LogP contribution in [0.15, 0.2) is 21.3 Å². The van der Waals surface area contributed by atoms with E-state index in [1.54, 1.807) is 18.9 Å². The van der Waals surface area contributed by atoms with Crippen molar-refractivity contribution in [3.63, 3.8) is 0 Å². The number of allylic oxidation sites excluding steroid dienone is 3. The van der Waals surface area contributed by atoms with Gasteiger partial charge in [0, 0.05) is 0 Å². The predicted molar refractivity (Wildman–Crippen MR) is 107 cm³/mol. The topological polar surface area (TPSA) is 0 Å². The standard InChI is InChI=1S/C9H15.3C4H9.Sn/c1-7(2)6-9(5)8(3)4;3*1-3-4-2;/h3,6-7H,1-2,4-5H3;3*1,3-4H2,2H3;/b8-3?,9-6+;;;;. The van der Waals surface area contributed by atoms with E-state index in [0.717, 1.165) is 0 Å². The zero-order chi connectivity index (χ0) is 17.0. The van der Waals surface area contributed by atoms with Crippen LogP contribution < -0.4 is 0 Å². The molecule has 0 fully saturated rings. The van der Waals surface area contributed by atoms with Gasteiger partial charge in [0.15, 0.2) is 0 Å². The summed E-state index contributed by atoms with van der Waals surface area (Å²) >= 11 is -2.10. The maximum atomic E-state index is 2.86. The molecule has 0 bridgehead atoms. The van der Waals surface area contributed by atoms with Crippen LogP contribution in [-0.2, 0) is 0 Å². The van der Waals surface area contributed by atoms with Crippen LogP contribution in [0.2, 0.25) is 13.3 Å². The van der Waals surface area contributed by atoms with Gasteiger partial charge >= 0.3 is 146 Å². The van der Waals surface area contributed by atoms with E-state index in [9.17, 15) is 0 Å². The molecule has 0 heterocycles. The Balaban J connectivity index is 5.37. The van der Waals surface area contributed by atoms with Crippen molar-refractivity contribution >= 4 is 18.4 Å². The summed E-state index contributed by atoms with van der Waals surface area (Å²) in [7, 11) is 0. The number of hydrogen-bond donors (Lipinski definition) is 0. The van der Waals surface area contributed by atoms with Crippen LogP contribution in [0.1, 0.15) is 87.0 Å². The van der Waals surface area contributed by atoms with Crippen molar-refractivity contribution < 1.29 is 0 Å². The Bertz CT molecular complexity index is 314. The quantitative estimate of drug-likeness (QED) is 0.225. The second-order valence-corrected chi connectivity index (χ2v) is 20.5. The molecule has 0 spiro atoms. The molecule has 0 radical (unpaired) electrons. The minimum absolute atomic E-state index is 0.662. The summed E-state index contributed by atoms with van der Waals surface area (Å²) in [5.74, 6) is 0.662. The van der Waals surface area contributed by atoms with Crippen LogP contribution in [-0.4, -0.2) is 18.4 Å². The van der Waals surface area contributed by atoms with Crippen molar-refractivity contribution in [2.75, 3.05) is 0 Å². The third-order valence-corrected chi connectivity index (χ3v) is 19.3. The molecule has 0 amide bonds. The second kappa shape index (κ2) is 12.7. The first-order valence-corrected chi connectivity index (χ1v) is 17.5. The molecule has 0 saturated heterocycles. The van der Waals surface area contributed by atoms with Gasteiger partial charge in [0.05, 0.1) is 0 Å². The van der Waals surface area contributed by atoms with Crippen LogP contribution in [0, 0.1) is 5.92 Å². The van der Waals surface area contributed by atoms with E-state index in [-0.39, 0.29) is 0 Å². The van der Waals surface area contributed by atoms with Crippen LogP contribution >= 0.6 is 0 Å². The zero-order valence-electron chi connectivity index (χ0n) is 16.6. The van der Waals surface area contributed by atoms with Gasteiger partial charge in [-0.25, -0.2) is 0 Å². The summed E-state index contributed by atoms with van der Waals surface area (Å²) in [6, 6.07) is 0. The van der Waals surface area contributed by atoms with Crippen molar-refractivity contribution in [2.45, 2.75) is 100 Å². The third-order valence-electron chi connectivity index (χ3n) is 4.81. The van der Waals surface area contributed by atoms with Crippen LogP contribution in [0.4, 0.5) is 0 Å². The molecule has 22 heavy (non-hydrogen) atoms. The van der Waals surface area contributed by atoms with Gasteiger partial charge in [-0.3, -0.25) is 0 Å². The zero-order valence-corrected chi connectivity index (χ0v) is 19.5. The summed E-state index contributed by atoms with van der Waals surface area (Å²) in [5.41, 5.74) is 3.13. The van der Waals surface area contributed by atoms with Gasteiger partial charge in [-0.2, -0.15) is 0 Å². The van der Waals surface area contributed by atoms with Gasteiger partial charge in [0.1, 0.15) is 0 Å². The van der Waals surface area contributed by atoms with Crippen molar-refractivity contribution in [3.8, 4) is 0 Å². The molecule has 0 aliphatic rings. The van der Waals surface area contributed by atoms with Crippen LogP contribution in [0.3, 0.4) is 0 Å². The fraction of sp³-hybridized carbons (Fsp3) is 0.810. The summed E-state index contributed by atoms with van der Waals surface area (Å²) in [4.78, 5) is 0. The molecule has 0 rings (SSSR count). The van der Waals surface area contributed by atoms with E-state index >= 15 is 0 Å². The molecule has 0 aromatic rings. The van der Waals surface area contributed by atoms with E-state index in [4.69, 9.17) is 0 Å². The SMILES string of the molecule is CCC[CH2][Sn](/[CH]=C(C)/C(C)=C/C(C)C)([CH2]CCC)[CH2]CCC. The fourth-order valence-electron chi connectivity index (χ4n) is 3.38. The Kier molecular flexibility index (Phi) is 12.8. The van der Waals surface area contributed by atoms with Gasteiger partial charge in [-0.15, -0.1) is 0 Å². The van der Waals surface area contributed by atoms with E-state index in [2.05, 4.69) is 58.6 Å². The van der Waals surface area contributed by atoms with Crippen molar-refractivity contribution in [1.82, 2.24) is 0 Å². The maximum absolute atomic E-state index is 2.86. The third kappa shape index (κ3) is 9.42. The molecule has 1 heteroatoms. The van der Waals surface area contributed by atoms with E-state index in [1.807, 2.05) is 0 Å². The second-order valence-electron chi connectivity index (χ2n) is 7.59. The first-order valence-electron chi connectivity index (χ1n) is 9.79. The molecule has 0 N–H and O–H groups in total. The van der Waals surface area contributed by atoms with Crippen molar-refractivity contribution in [1.29, 1.82) is 0 Å². The van der Waals surface area contributed by atoms with Gasteiger partial charge < -0.3 is 0 Å². The molecule has 0 aliphatic carbocycles. The number of unbranched alkanes of at least 4 members (excludes halogenated alkanes) is 3. The Morgan fingerprint density at radius 3 is 1.50 bits per heavy atom. The summed E-state index contributed by atoms with van der Waals surface area (Å²) in [6.45, 7) is 16.4. The normalized spacial score (nSPS) is 14.0.